The van der Waals surface area contributed by atoms with Crippen molar-refractivity contribution in [2.75, 3.05) is 26.3 Å². The molecule has 3 aromatic rings. The number of aryl methyl sites for hydroxylation is 1. The summed E-state index contributed by atoms with van der Waals surface area (Å²) in [5.41, 5.74) is 3.91. The van der Waals surface area contributed by atoms with Crippen molar-refractivity contribution in [2.45, 2.75) is 26.6 Å². The van der Waals surface area contributed by atoms with Gasteiger partial charge in [0.25, 0.3) is 5.91 Å². The number of morpholine rings is 1. The Kier molecular flexibility index (Phi) is 7.30. The van der Waals surface area contributed by atoms with E-state index in [1.165, 1.54) is 5.56 Å². The molecule has 4 rings (SSSR count). The average molecular weight is 438 g/mol. The molecular weight excluding hydrogens is 410 g/mol. The first-order valence-corrected chi connectivity index (χ1v) is 11.3. The molecule has 1 amide bonds. The normalized spacial score (nSPS) is 14.4. The third kappa shape index (κ3) is 6.13. The van der Waals surface area contributed by atoms with Crippen LogP contribution in [0, 0.1) is 6.92 Å². The van der Waals surface area contributed by atoms with Crippen molar-refractivity contribution >= 4 is 17.2 Å². The van der Waals surface area contributed by atoms with Crippen molar-refractivity contribution in [3.05, 3.63) is 81.3 Å². The fraction of sp³-hybridized carbons (Fsp3) is 0.333. The number of hydrogen-bond acceptors (Lipinski definition) is 6. The van der Waals surface area contributed by atoms with Gasteiger partial charge in [0.15, 0.2) is 0 Å². The minimum absolute atomic E-state index is 0.0946. The lowest BCUT2D eigenvalue weighted by Gasteiger charge is -2.27. The molecule has 6 nitrogen and oxygen atoms in total. The van der Waals surface area contributed by atoms with Gasteiger partial charge in [0.1, 0.15) is 12.4 Å². The fourth-order valence-corrected chi connectivity index (χ4v) is 4.09. The number of amides is 1. The highest BCUT2D eigenvalue weighted by atomic mass is 32.1. The molecule has 0 bridgehead atoms. The summed E-state index contributed by atoms with van der Waals surface area (Å²) >= 11 is 1.61. The minimum atomic E-state index is -0.0946. The molecule has 2 aromatic carbocycles. The Morgan fingerprint density at radius 1 is 1.13 bits per heavy atom. The number of rotatable bonds is 8. The topological polar surface area (TPSA) is 63.7 Å². The van der Waals surface area contributed by atoms with Crippen LogP contribution in [0.15, 0.2) is 53.9 Å². The van der Waals surface area contributed by atoms with Gasteiger partial charge in [-0.1, -0.05) is 24.3 Å². The highest BCUT2D eigenvalue weighted by Gasteiger charge is 2.13. The van der Waals surface area contributed by atoms with Crippen LogP contribution >= 0.6 is 11.3 Å². The Morgan fingerprint density at radius 2 is 1.87 bits per heavy atom. The number of nitrogens with zero attached hydrogens (tertiary/aromatic N) is 2. The summed E-state index contributed by atoms with van der Waals surface area (Å²) in [7, 11) is 0. The number of hydrogen-bond donors (Lipinski definition) is 1. The number of nitrogens with one attached hydrogen (secondary N) is 1. The van der Waals surface area contributed by atoms with Crippen molar-refractivity contribution < 1.29 is 14.3 Å². The van der Waals surface area contributed by atoms with Crippen LogP contribution in [-0.4, -0.2) is 42.1 Å². The second-order valence-electron chi connectivity index (χ2n) is 7.51. The molecular formula is C24H27N3O3S. The lowest BCUT2D eigenvalue weighted by Crippen LogP contribution is -2.36. The molecule has 162 valence electrons. The van der Waals surface area contributed by atoms with E-state index in [-0.39, 0.29) is 5.91 Å². The molecule has 0 radical (unpaired) electrons. The molecule has 0 unspecified atom stereocenters. The predicted octanol–water partition coefficient (Wildman–Crippen LogP) is 3.79. The molecule has 1 saturated heterocycles. The first-order valence-electron chi connectivity index (χ1n) is 10.5. The number of ether oxygens (including phenoxy) is 2. The first-order chi connectivity index (χ1) is 15.2. The van der Waals surface area contributed by atoms with E-state index >= 15 is 0 Å². The van der Waals surface area contributed by atoms with Crippen molar-refractivity contribution in [1.82, 2.24) is 15.2 Å². The van der Waals surface area contributed by atoms with Crippen molar-refractivity contribution in [3.8, 4) is 5.75 Å². The molecule has 2 heterocycles. The van der Waals surface area contributed by atoms with Crippen molar-refractivity contribution in [3.63, 3.8) is 0 Å². The van der Waals surface area contributed by atoms with Crippen LogP contribution in [0.2, 0.25) is 0 Å². The van der Waals surface area contributed by atoms with Crippen LogP contribution in [0.5, 0.6) is 5.75 Å². The number of aromatic nitrogens is 1. The number of benzene rings is 2. The molecule has 1 fully saturated rings. The zero-order valence-corrected chi connectivity index (χ0v) is 18.5. The van der Waals surface area contributed by atoms with Crippen molar-refractivity contribution in [2.24, 2.45) is 0 Å². The lowest BCUT2D eigenvalue weighted by molar-refractivity contribution is 0.0340. The van der Waals surface area contributed by atoms with Gasteiger partial charge in [0.2, 0.25) is 0 Å². The highest BCUT2D eigenvalue weighted by molar-refractivity contribution is 7.09. The van der Waals surface area contributed by atoms with Gasteiger partial charge in [-0.25, -0.2) is 4.98 Å². The second-order valence-corrected chi connectivity index (χ2v) is 8.57. The summed E-state index contributed by atoms with van der Waals surface area (Å²) in [5, 5.41) is 6.06. The predicted molar refractivity (Wildman–Crippen MR) is 121 cm³/mol. The molecule has 7 heteroatoms. The van der Waals surface area contributed by atoms with Crippen LogP contribution in [0.1, 0.15) is 32.2 Å². The maximum Gasteiger partial charge on any atom is 0.251 e. The second kappa shape index (κ2) is 10.5. The maximum atomic E-state index is 12.6. The molecule has 31 heavy (non-hydrogen) atoms. The average Bonchev–Trinajstić information content (AvgIpc) is 3.23. The van der Waals surface area contributed by atoms with Gasteiger partial charge in [0.05, 0.1) is 23.9 Å². The monoisotopic (exact) mass is 437 g/mol. The molecule has 1 N–H and O–H groups in total. The quantitative estimate of drug-likeness (QED) is 0.581. The van der Waals surface area contributed by atoms with Crippen molar-refractivity contribution in [1.29, 1.82) is 0 Å². The van der Waals surface area contributed by atoms with Gasteiger partial charge in [0, 0.05) is 37.1 Å². The summed E-state index contributed by atoms with van der Waals surface area (Å²) in [5.74, 6) is 0.626. The summed E-state index contributed by atoms with van der Waals surface area (Å²) in [6, 6.07) is 15.5. The van der Waals surface area contributed by atoms with E-state index in [0.29, 0.717) is 18.7 Å². The summed E-state index contributed by atoms with van der Waals surface area (Å²) in [6.07, 6.45) is 0. The zero-order valence-electron chi connectivity index (χ0n) is 17.7. The van der Waals surface area contributed by atoms with E-state index in [4.69, 9.17) is 9.47 Å². The lowest BCUT2D eigenvalue weighted by atomic mass is 10.1. The van der Waals surface area contributed by atoms with Crippen LogP contribution in [-0.2, 0) is 24.4 Å². The van der Waals surface area contributed by atoms with E-state index in [2.05, 4.69) is 27.3 Å². The largest absolute Gasteiger partial charge is 0.487 e. The Hall–Kier alpha value is -2.74. The van der Waals surface area contributed by atoms with Gasteiger partial charge in [-0.05, 0) is 42.3 Å². The highest BCUT2D eigenvalue weighted by Crippen LogP contribution is 2.17. The third-order valence-electron chi connectivity index (χ3n) is 5.23. The molecule has 0 saturated carbocycles. The molecule has 0 spiro atoms. The Labute approximate surface area is 186 Å². The first kappa shape index (κ1) is 21.5. The van der Waals surface area contributed by atoms with Gasteiger partial charge < -0.3 is 14.8 Å². The van der Waals surface area contributed by atoms with E-state index in [1.54, 1.807) is 23.5 Å². The third-order valence-corrected chi connectivity index (χ3v) is 6.05. The van der Waals surface area contributed by atoms with Gasteiger partial charge in [-0.3, -0.25) is 9.69 Å². The molecule has 0 aliphatic carbocycles. The van der Waals surface area contributed by atoms with Crippen LogP contribution in [0.4, 0.5) is 0 Å². The number of thiazole rings is 1. The SMILES string of the molecule is Cc1nc(COc2ccc(C(=O)NCc3ccccc3CN3CCOCC3)cc2)cs1. The van der Waals surface area contributed by atoms with E-state index in [9.17, 15) is 4.79 Å². The van der Waals surface area contributed by atoms with Gasteiger partial charge in [-0.15, -0.1) is 11.3 Å². The zero-order chi connectivity index (χ0) is 21.5. The fourth-order valence-electron chi connectivity index (χ4n) is 3.50. The smallest absolute Gasteiger partial charge is 0.251 e. The van der Waals surface area contributed by atoms with Crippen LogP contribution in [0.3, 0.4) is 0 Å². The Bertz CT molecular complexity index is 997. The van der Waals surface area contributed by atoms with Gasteiger partial charge in [-0.2, -0.15) is 0 Å². The van der Waals surface area contributed by atoms with Gasteiger partial charge >= 0.3 is 0 Å². The summed E-state index contributed by atoms with van der Waals surface area (Å²) in [4.78, 5) is 19.4. The molecule has 1 aromatic heterocycles. The number of carbonyl (C=O) groups is 1. The van der Waals surface area contributed by atoms with E-state index < -0.39 is 0 Å². The van der Waals surface area contributed by atoms with Crippen LogP contribution < -0.4 is 10.1 Å². The van der Waals surface area contributed by atoms with Crippen LogP contribution in [0.25, 0.3) is 0 Å². The summed E-state index contributed by atoms with van der Waals surface area (Å²) in [6.45, 7) is 7.22. The Balaban J connectivity index is 1.30. The molecule has 1 aliphatic rings. The minimum Gasteiger partial charge on any atom is -0.487 e. The standard InChI is InChI=1S/C24H27N3O3S/c1-18-26-22(17-31-18)16-30-23-8-6-19(7-9-23)24(28)25-14-20-4-2-3-5-21(20)15-27-10-12-29-13-11-27/h2-9,17H,10-16H2,1H3,(H,25,28). The molecule has 0 atom stereocenters. The maximum absolute atomic E-state index is 12.6. The van der Waals surface area contributed by atoms with E-state index in [1.807, 2.05) is 36.6 Å². The summed E-state index contributed by atoms with van der Waals surface area (Å²) < 4.78 is 11.2. The number of carbonyl (C=O) groups excluding carboxylic acids is 1. The molecule has 1 aliphatic heterocycles. The Morgan fingerprint density at radius 3 is 2.58 bits per heavy atom. The van der Waals surface area contributed by atoms with E-state index in [0.717, 1.165) is 54.9 Å².